The first kappa shape index (κ1) is 15.8. The van der Waals surface area contributed by atoms with Crippen molar-refractivity contribution in [3.05, 3.63) is 53.2 Å². The second-order valence-electron chi connectivity index (χ2n) is 6.15. The maximum absolute atomic E-state index is 5.65. The van der Waals surface area contributed by atoms with Crippen molar-refractivity contribution in [2.75, 3.05) is 27.9 Å². The van der Waals surface area contributed by atoms with Gasteiger partial charge in [0.1, 0.15) is 5.75 Å². The number of methoxy groups -OCH3 is 3. The van der Waals surface area contributed by atoms with Crippen molar-refractivity contribution in [1.82, 2.24) is 10.3 Å². The molecule has 0 bridgehead atoms. The first-order valence-corrected chi connectivity index (χ1v) is 8.39. The number of fused-ring (bicyclic) bond motifs is 3. The van der Waals surface area contributed by atoms with Crippen LogP contribution in [-0.2, 0) is 6.42 Å². The van der Waals surface area contributed by atoms with Crippen molar-refractivity contribution >= 4 is 10.9 Å². The fourth-order valence-electron chi connectivity index (χ4n) is 3.74. The van der Waals surface area contributed by atoms with Crippen molar-refractivity contribution < 1.29 is 14.2 Å². The quantitative estimate of drug-likeness (QED) is 0.765. The summed E-state index contributed by atoms with van der Waals surface area (Å²) < 4.78 is 16.5. The molecule has 1 aliphatic heterocycles. The summed E-state index contributed by atoms with van der Waals surface area (Å²) >= 11 is 0. The molecule has 0 radical (unpaired) electrons. The number of rotatable bonds is 4. The fraction of sp³-hybridized carbons (Fsp3) is 0.300. The fourth-order valence-corrected chi connectivity index (χ4v) is 3.74. The standard InChI is InChI=1S/C20H22N2O3/c1-23-12-7-8-16-15(11-12)13-9-10-21-18(19(13)22-16)14-5-4-6-17(24-2)20(14)25-3/h4-8,11,18,21-22H,9-10H2,1-3H3. The number of nitrogens with one attached hydrogen (secondary N) is 2. The number of hydrogen-bond acceptors (Lipinski definition) is 4. The predicted molar refractivity (Wildman–Crippen MR) is 97.9 cm³/mol. The van der Waals surface area contributed by atoms with Crippen LogP contribution in [0, 0.1) is 0 Å². The van der Waals surface area contributed by atoms with Gasteiger partial charge >= 0.3 is 0 Å². The Balaban J connectivity index is 1.88. The van der Waals surface area contributed by atoms with Crippen LogP contribution in [0.25, 0.3) is 10.9 Å². The zero-order valence-corrected chi connectivity index (χ0v) is 14.7. The Bertz CT molecular complexity index is 917. The van der Waals surface area contributed by atoms with Gasteiger partial charge in [0, 0.05) is 28.7 Å². The van der Waals surface area contributed by atoms with Gasteiger partial charge in [-0.25, -0.2) is 0 Å². The normalized spacial score (nSPS) is 16.5. The summed E-state index contributed by atoms with van der Waals surface area (Å²) in [7, 11) is 5.05. The lowest BCUT2D eigenvalue weighted by atomic mass is 9.93. The van der Waals surface area contributed by atoms with Crippen LogP contribution in [0.5, 0.6) is 17.2 Å². The molecule has 0 saturated carbocycles. The highest BCUT2D eigenvalue weighted by atomic mass is 16.5. The Labute approximate surface area is 146 Å². The molecule has 25 heavy (non-hydrogen) atoms. The molecule has 3 aromatic rings. The van der Waals surface area contributed by atoms with E-state index in [0.717, 1.165) is 41.3 Å². The molecule has 2 aromatic carbocycles. The second kappa shape index (κ2) is 6.33. The number of para-hydroxylation sites is 1. The smallest absolute Gasteiger partial charge is 0.165 e. The zero-order valence-electron chi connectivity index (χ0n) is 14.7. The minimum atomic E-state index is 0.0344. The lowest BCUT2D eigenvalue weighted by molar-refractivity contribution is 0.348. The summed E-state index contributed by atoms with van der Waals surface area (Å²) in [4.78, 5) is 3.59. The lowest BCUT2D eigenvalue weighted by Gasteiger charge is -2.26. The van der Waals surface area contributed by atoms with Crippen LogP contribution in [0.2, 0.25) is 0 Å². The summed E-state index contributed by atoms with van der Waals surface area (Å²) in [5, 5.41) is 4.83. The monoisotopic (exact) mass is 338 g/mol. The average Bonchev–Trinajstić information content (AvgIpc) is 3.05. The Morgan fingerprint density at radius 1 is 1.00 bits per heavy atom. The van der Waals surface area contributed by atoms with Gasteiger partial charge in [-0.2, -0.15) is 0 Å². The Morgan fingerprint density at radius 3 is 2.64 bits per heavy atom. The van der Waals surface area contributed by atoms with Crippen molar-refractivity contribution in [1.29, 1.82) is 0 Å². The van der Waals surface area contributed by atoms with Crippen molar-refractivity contribution in [2.45, 2.75) is 12.5 Å². The Kier molecular flexibility index (Phi) is 4.01. The average molecular weight is 338 g/mol. The van der Waals surface area contributed by atoms with Crippen LogP contribution in [0.4, 0.5) is 0 Å². The molecule has 2 heterocycles. The summed E-state index contributed by atoms with van der Waals surface area (Å²) in [6.45, 7) is 0.905. The number of H-pyrrole nitrogens is 1. The van der Waals surface area contributed by atoms with Crippen LogP contribution >= 0.6 is 0 Å². The minimum absolute atomic E-state index is 0.0344. The van der Waals surface area contributed by atoms with E-state index < -0.39 is 0 Å². The molecular weight excluding hydrogens is 316 g/mol. The van der Waals surface area contributed by atoms with Crippen molar-refractivity contribution in [3.8, 4) is 17.2 Å². The zero-order chi connectivity index (χ0) is 17.4. The van der Waals surface area contributed by atoms with Crippen LogP contribution in [0.15, 0.2) is 36.4 Å². The molecule has 0 aliphatic carbocycles. The van der Waals surface area contributed by atoms with E-state index in [9.17, 15) is 0 Å². The summed E-state index contributed by atoms with van der Waals surface area (Å²) in [6.07, 6.45) is 0.977. The molecule has 0 amide bonds. The first-order chi connectivity index (χ1) is 12.3. The molecule has 5 nitrogen and oxygen atoms in total. The van der Waals surface area contributed by atoms with E-state index in [2.05, 4.69) is 28.5 Å². The third-order valence-corrected chi connectivity index (χ3v) is 4.90. The first-order valence-electron chi connectivity index (χ1n) is 8.39. The molecule has 5 heteroatoms. The van der Waals surface area contributed by atoms with Crippen LogP contribution in [0.1, 0.15) is 22.9 Å². The molecule has 4 rings (SSSR count). The second-order valence-corrected chi connectivity index (χ2v) is 6.15. The van der Waals surface area contributed by atoms with Crippen LogP contribution in [0.3, 0.4) is 0 Å². The Hall–Kier alpha value is -2.66. The van der Waals surface area contributed by atoms with E-state index >= 15 is 0 Å². The summed E-state index contributed by atoms with van der Waals surface area (Å²) in [5.41, 5.74) is 4.71. The van der Waals surface area contributed by atoms with Gasteiger partial charge in [0.25, 0.3) is 0 Å². The summed E-state index contributed by atoms with van der Waals surface area (Å²) in [5.74, 6) is 2.39. The molecule has 0 saturated heterocycles. The number of aromatic amines is 1. The molecule has 1 aliphatic rings. The van der Waals surface area contributed by atoms with Crippen molar-refractivity contribution in [3.63, 3.8) is 0 Å². The molecule has 0 spiro atoms. The number of benzene rings is 2. The lowest BCUT2D eigenvalue weighted by Crippen LogP contribution is -2.30. The van der Waals surface area contributed by atoms with E-state index in [1.165, 1.54) is 16.6 Å². The largest absolute Gasteiger partial charge is 0.497 e. The third-order valence-electron chi connectivity index (χ3n) is 4.90. The minimum Gasteiger partial charge on any atom is -0.497 e. The topological polar surface area (TPSA) is 55.5 Å². The molecule has 1 aromatic heterocycles. The van der Waals surface area contributed by atoms with E-state index in [1.807, 2.05) is 18.2 Å². The summed E-state index contributed by atoms with van der Waals surface area (Å²) in [6, 6.07) is 12.2. The molecule has 130 valence electrons. The van der Waals surface area contributed by atoms with E-state index in [-0.39, 0.29) is 6.04 Å². The maximum atomic E-state index is 5.65. The van der Waals surface area contributed by atoms with Gasteiger partial charge in [-0.3, -0.25) is 0 Å². The SMILES string of the molecule is COc1ccc2[nH]c3c(c2c1)CCNC3c1cccc(OC)c1OC. The van der Waals surface area contributed by atoms with Crippen molar-refractivity contribution in [2.24, 2.45) is 0 Å². The van der Waals surface area contributed by atoms with Gasteiger partial charge < -0.3 is 24.5 Å². The van der Waals surface area contributed by atoms with Gasteiger partial charge in [0.2, 0.25) is 0 Å². The highest BCUT2D eigenvalue weighted by molar-refractivity contribution is 5.86. The number of ether oxygens (including phenoxy) is 3. The highest BCUT2D eigenvalue weighted by Gasteiger charge is 2.28. The highest BCUT2D eigenvalue weighted by Crippen LogP contribution is 2.41. The Morgan fingerprint density at radius 2 is 1.88 bits per heavy atom. The molecular formula is C20H22N2O3. The third kappa shape index (κ3) is 2.51. The molecule has 0 fully saturated rings. The van der Waals surface area contributed by atoms with Gasteiger partial charge in [0.05, 0.1) is 27.4 Å². The van der Waals surface area contributed by atoms with Gasteiger partial charge in [-0.1, -0.05) is 12.1 Å². The van der Waals surface area contributed by atoms with Crippen LogP contribution < -0.4 is 19.5 Å². The number of aromatic nitrogens is 1. The van der Waals surface area contributed by atoms with Gasteiger partial charge in [0.15, 0.2) is 11.5 Å². The predicted octanol–water partition coefficient (Wildman–Crippen LogP) is 3.43. The maximum Gasteiger partial charge on any atom is 0.165 e. The van der Waals surface area contributed by atoms with Gasteiger partial charge in [-0.05, 0) is 36.2 Å². The number of hydrogen-bond donors (Lipinski definition) is 2. The van der Waals surface area contributed by atoms with Crippen LogP contribution in [-0.4, -0.2) is 32.9 Å². The van der Waals surface area contributed by atoms with E-state index in [1.54, 1.807) is 21.3 Å². The molecule has 2 N–H and O–H groups in total. The molecule has 1 atom stereocenters. The van der Waals surface area contributed by atoms with E-state index in [0.29, 0.717) is 0 Å². The van der Waals surface area contributed by atoms with Gasteiger partial charge in [-0.15, -0.1) is 0 Å². The van der Waals surface area contributed by atoms with E-state index in [4.69, 9.17) is 14.2 Å². The molecule has 1 unspecified atom stereocenters.